The minimum Gasteiger partial charge on any atom is -0.368 e. The van der Waals surface area contributed by atoms with Crippen LogP contribution in [0.25, 0.3) is 0 Å². The third kappa shape index (κ3) is 3.78. The summed E-state index contributed by atoms with van der Waals surface area (Å²) in [5.41, 5.74) is 5.01. The first-order valence-electron chi connectivity index (χ1n) is 5.69. The number of hydrogen-bond donors (Lipinski definition) is 2. The zero-order chi connectivity index (χ0) is 14.4. The first-order valence-corrected chi connectivity index (χ1v) is 5.69. The zero-order valence-corrected chi connectivity index (χ0v) is 10.4. The molecule has 0 fully saturated rings. The number of nitrogens with one attached hydrogen (secondary N) is 1. The van der Waals surface area contributed by atoms with Crippen LogP contribution in [0.4, 0.5) is 4.39 Å². The van der Waals surface area contributed by atoms with Gasteiger partial charge >= 0.3 is 0 Å². The van der Waals surface area contributed by atoms with E-state index in [0.29, 0.717) is 0 Å². The van der Waals surface area contributed by atoms with Crippen LogP contribution in [0.5, 0.6) is 0 Å². The molecule has 0 spiro atoms. The molecule has 100 valence electrons. The van der Waals surface area contributed by atoms with Crippen LogP contribution in [0, 0.1) is 23.1 Å². The largest absolute Gasteiger partial charge is 0.368 e. The monoisotopic (exact) mass is 263 g/mol. The zero-order valence-electron chi connectivity index (χ0n) is 10.4. The molecule has 19 heavy (non-hydrogen) atoms. The van der Waals surface area contributed by atoms with Gasteiger partial charge in [-0.1, -0.05) is 19.1 Å². The summed E-state index contributed by atoms with van der Waals surface area (Å²) in [6.07, 6.45) is 0.0607. The highest BCUT2D eigenvalue weighted by Crippen LogP contribution is 2.10. The standard InChI is InChI=1S/C13H14FN3O2/c1-8(6-7-15)11(12(16)18)17-13(19)9-4-2-3-5-10(9)14/h2-5,8,11H,6H2,1H3,(H2,16,18)(H,17,19)/t8-,11-/m0/s1. The van der Waals surface area contributed by atoms with E-state index in [-0.39, 0.29) is 12.0 Å². The van der Waals surface area contributed by atoms with Crippen molar-refractivity contribution in [1.82, 2.24) is 5.32 Å². The van der Waals surface area contributed by atoms with E-state index in [2.05, 4.69) is 5.32 Å². The van der Waals surface area contributed by atoms with Crippen LogP contribution in [-0.2, 0) is 4.79 Å². The summed E-state index contributed by atoms with van der Waals surface area (Å²) < 4.78 is 13.4. The number of carbonyl (C=O) groups excluding carboxylic acids is 2. The van der Waals surface area contributed by atoms with Gasteiger partial charge in [-0.25, -0.2) is 4.39 Å². The quantitative estimate of drug-likeness (QED) is 0.828. The highest BCUT2D eigenvalue weighted by atomic mass is 19.1. The first-order chi connectivity index (χ1) is 8.97. The van der Waals surface area contributed by atoms with E-state index < -0.39 is 29.6 Å². The Kier molecular flexibility index (Phi) is 5.01. The lowest BCUT2D eigenvalue weighted by atomic mass is 9.98. The topological polar surface area (TPSA) is 96.0 Å². The SMILES string of the molecule is C[C@@H](CC#N)[C@H](NC(=O)c1ccccc1F)C(N)=O. The fourth-order valence-corrected chi connectivity index (χ4v) is 1.62. The van der Waals surface area contributed by atoms with Gasteiger partial charge < -0.3 is 11.1 Å². The summed E-state index contributed by atoms with van der Waals surface area (Å²) in [6, 6.07) is 6.30. The maximum Gasteiger partial charge on any atom is 0.254 e. The van der Waals surface area contributed by atoms with Crippen LogP contribution >= 0.6 is 0 Å². The Bertz CT molecular complexity index is 525. The smallest absolute Gasteiger partial charge is 0.254 e. The number of nitriles is 1. The van der Waals surface area contributed by atoms with E-state index in [9.17, 15) is 14.0 Å². The molecule has 2 amide bonds. The van der Waals surface area contributed by atoms with Gasteiger partial charge in [0.25, 0.3) is 5.91 Å². The summed E-state index contributed by atoms with van der Waals surface area (Å²) >= 11 is 0. The number of hydrogen-bond acceptors (Lipinski definition) is 3. The molecule has 0 unspecified atom stereocenters. The second-order valence-corrected chi connectivity index (χ2v) is 4.17. The Labute approximate surface area is 110 Å². The molecular weight excluding hydrogens is 249 g/mol. The van der Waals surface area contributed by atoms with Gasteiger partial charge in [-0.05, 0) is 18.1 Å². The van der Waals surface area contributed by atoms with Crippen molar-refractivity contribution in [3.63, 3.8) is 0 Å². The van der Waals surface area contributed by atoms with E-state index >= 15 is 0 Å². The summed E-state index contributed by atoms with van der Waals surface area (Å²) in [4.78, 5) is 23.1. The Morgan fingerprint density at radius 1 is 1.47 bits per heavy atom. The Morgan fingerprint density at radius 2 is 2.11 bits per heavy atom. The molecule has 1 aromatic carbocycles. The fourth-order valence-electron chi connectivity index (χ4n) is 1.62. The maximum atomic E-state index is 13.4. The van der Waals surface area contributed by atoms with Gasteiger partial charge in [0.15, 0.2) is 0 Å². The van der Waals surface area contributed by atoms with Crippen LogP contribution in [0.3, 0.4) is 0 Å². The number of nitrogens with two attached hydrogens (primary N) is 1. The minimum atomic E-state index is -1.01. The van der Waals surface area contributed by atoms with Crippen LogP contribution in [-0.4, -0.2) is 17.9 Å². The van der Waals surface area contributed by atoms with Crippen molar-refractivity contribution in [1.29, 1.82) is 5.26 Å². The summed E-state index contributed by atoms with van der Waals surface area (Å²) in [7, 11) is 0. The third-order valence-corrected chi connectivity index (χ3v) is 2.69. The molecule has 0 radical (unpaired) electrons. The summed E-state index contributed by atoms with van der Waals surface area (Å²) in [5.74, 6) is -2.62. The predicted octanol–water partition coefficient (Wildman–Crippen LogP) is 0.959. The fraction of sp³-hybridized carbons (Fsp3) is 0.308. The Hall–Kier alpha value is -2.42. The maximum absolute atomic E-state index is 13.4. The van der Waals surface area contributed by atoms with Crippen molar-refractivity contribution in [2.75, 3.05) is 0 Å². The van der Waals surface area contributed by atoms with Gasteiger partial charge in [0.2, 0.25) is 5.91 Å². The number of primary amides is 1. The number of halogens is 1. The van der Waals surface area contributed by atoms with Crippen molar-refractivity contribution in [2.45, 2.75) is 19.4 Å². The second-order valence-electron chi connectivity index (χ2n) is 4.17. The molecule has 0 saturated heterocycles. The molecule has 0 saturated carbocycles. The summed E-state index contributed by atoms with van der Waals surface area (Å²) in [5, 5.41) is 10.9. The average molecular weight is 263 g/mol. The molecule has 0 bridgehead atoms. The normalized spacial score (nSPS) is 13.1. The lowest BCUT2D eigenvalue weighted by Crippen LogP contribution is -2.48. The van der Waals surface area contributed by atoms with Crippen molar-refractivity contribution >= 4 is 11.8 Å². The number of nitrogens with zero attached hydrogens (tertiary/aromatic N) is 1. The molecule has 3 N–H and O–H groups in total. The van der Waals surface area contributed by atoms with Gasteiger partial charge in [0.05, 0.1) is 11.6 Å². The molecule has 0 aliphatic carbocycles. The molecule has 1 aromatic rings. The second kappa shape index (κ2) is 6.50. The predicted molar refractivity (Wildman–Crippen MR) is 66.2 cm³/mol. The van der Waals surface area contributed by atoms with Gasteiger partial charge in [0.1, 0.15) is 11.9 Å². The number of rotatable bonds is 5. The molecule has 0 aliphatic rings. The summed E-state index contributed by atoms with van der Waals surface area (Å²) in [6.45, 7) is 1.61. The lowest BCUT2D eigenvalue weighted by Gasteiger charge is -2.20. The van der Waals surface area contributed by atoms with Crippen LogP contribution < -0.4 is 11.1 Å². The Balaban J connectivity index is 2.87. The number of carbonyl (C=O) groups is 2. The van der Waals surface area contributed by atoms with Crippen molar-refractivity contribution in [2.24, 2.45) is 11.7 Å². The number of amides is 2. The van der Waals surface area contributed by atoms with Crippen LogP contribution in [0.1, 0.15) is 23.7 Å². The average Bonchev–Trinajstić information content (AvgIpc) is 2.36. The lowest BCUT2D eigenvalue weighted by molar-refractivity contribution is -0.120. The molecule has 1 rings (SSSR count). The third-order valence-electron chi connectivity index (χ3n) is 2.69. The van der Waals surface area contributed by atoms with Gasteiger partial charge in [-0.2, -0.15) is 5.26 Å². The van der Waals surface area contributed by atoms with Crippen molar-refractivity contribution < 1.29 is 14.0 Å². The highest BCUT2D eigenvalue weighted by molar-refractivity contribution is 5.97. The van der Waals surface area contributed by atoms with Crippen LogP contribution in [0.15, 0.2) is 24.3 Å². The molecule has 5 nitrogen and oxygen atoms in total. The molecule has 0 aliphatic heterocycles. The molecular formula is C13H14FN3O2. The molecule has 0 heterocycles. The van der Waals surface area contributed by atoms with Gasteiger partial charge in [-0.15, -0.1) is 0 Å². The van der Waals surface area contributed by atoms with E-state index in [1.807, 2.05) is 6.07 Å². The molecule has 6 heteroatoms. The van der Waals surface area contributed by atoms with Crippen molar-refractivity contribution in [3.05, 3.63) is 35.6 Å². The van der Waals surface area contributed by atoms with E-state index in [4.69, 9.17) is 11.0 Å². The first kappa shape index (κ1) is 14.6. The van der Waals surface area contributed by atoms with E-state index in [1.165, 1.54) is 18.2 Å². The van der Waals surface area contributed by atoms with Crippen LogP contribution in [0.2, 0.25) is 0 Å². The highest BCUT2D eigenvalue weighted by Gasteiger charge is 2.25. The van der Waals surface area contributed by atoms with Gasteiger partial charge in [-0.3, -0.25) is 9.59 Å². The number of benzene rings is 1. The van der Waals surface area contributed by atoms with E-state index in [1.54, 1.807) is 6.92 Å². The van der Waals surface area contributed by atoms with Crippen molar-refractivity contribution in [3.8, 4) is 6.07 Å². The molecule has 2 atom stereocenters. The molecule has 0 aromatic heterocycles. The Morgan fingerprint density at radius 3 is 2.63 bits per heavy atom. The van der Waals surface area contributed by atoms with Gasteiger partial charge in [0, 0.05) is 6.42 Å². The minimum absolute atomic E-state index is 0.0607. The van der Waals surface area contributed by atoms with E-state index in [0.717, 1.165) is 6.07 Å².